The molecule has 128 valence electrons. The molecule has 0 radical (unpaired) electrons. The molecule has 0 atom stereocenters. The molecule has 0 spiro atoms. The molecule has 2 aromatic carbocycles. The zero-order valence-electron chi connectivity index (χ0n) is 13.8. The van der Waals surface area contributed by atoms with Crippen LogP contribution in [0.15, 0.2) is 36.4 Å². The molecule has 0 aromatic heterocycles. The number of carbonyl (C=O) groups is 3. The van der Waals surface area contributed by atoms with E-state index in [0.717, 1.165) is 16.0 Å². The molecule has 0 bridgehead atoms. The number of hydrogen-bond acceptors (Lipinski definition) is 4. The van der Waals surface area contributed by atoms with Gasteiger partial charge in [0, 0.05) is 11.6 Å². The number of esters is 1. The van der Waals surface area contributed by atoms with E-state index in [2.05, 4.69) is 0 Å². The molecule has 0 aliphatic carbocycles. The molecule has 0 saturated heterocycles. The van der Waals surface area contributed by atoms with Crippen LogP contribution < -0.4 is 4.74 Å². The number of amides is 2. The van der Waals surface area contributed by atoms with E-state index in [0.29, 0.717) is 21.9 Å². The number of fused-ring (bicyclic) bond motifs is 1. The molecule has 1 aliphatic rings. The quantitative estimate of drug-likeness (QED) is 0.477. The van der Waals surface area contributed by atoms with Crippen LogP contribution in [0.5, 0.6) is 5.75 Å². The minimum atomic E-state index is -0.509. The van der Waals surface area contributed by atoms with Crippen LogP contribution in [0.1, 0.15) is 38.3 Å². The predicted molar refractivity (Wildman–Crippen MR) is 93.0 cm³/mol. The van der Waals surface area contributed by atoms with Gasteiger partial charge in [-0.2, -0.15) is 0 Å². The number of rotatable bonds is 4. The van der Waals surface area contributed by atoms with Crippen molar-refractivity contribution in [3.05, 3.63) is 63.7 Å². The summed E-state index contributed by atoms with van der Waals surface area (Å²) in [7, 11) is 0. The summed E-state index contributed by atoms with van der Waals surface area (Å²) in [5.74, 6) is -0.818. The van der Waals surface area contributed by atoms with Gasteiger partial charge in [0.15, 0.2) is 0 Å². The number of hydrogen-bond donors (Lipinski definition) is 0. The van der Waals surface area contributed by atoms with Crippen molar-refractivity contribution >= 4 is 29.4 Å². The number of imide groups is 1. The van der Waals surface area contributed by atoms with Crippen molar-refractivity contribution in [3.63, 3.8) is 0 Å². The van der Waals surface area contributed by atoms with E-state index < -0.39 is 5.97 Å². The number of halogens is 1. The van der Waals surface area contributed by atoms with Crippen molar-refractivity contribution in [1.82, 2.24) is 4.90 Å². The highest BCUT2D eigenvalue weighted by atomic mass is 35.5. The van der Waals surface area contributed by atoms with Gasteiger partial charge < -0.3 is 4.74 Å². The fourth-order valence-electron chi connectivity index (χ4n) is 2.87. The molecule has 0 saturated carbocycles. The summed E-state index contributed by atoms with van der Waals surface area (Å²) in [6, 6.07) is 10.0. The van der Waals surface area contributed by atoms with Crippen molar-refractivity contribution in [2.45, 2.75) is 20.3 Å². The first kappa shape index (κ1) is 17.2. The molecule has 0 N–H and O–H groups in total. The lowest BCUT2D eigenvalue weighted by molar-refractivity contribution is -0.134. The SMILES string of the molecule is Cc1cc(Cl)cc(C)c1OC(=O)CCN1C(=O)c2ccccc2C1=O. The molecule has 25 heavy (non-hydrogen) atoms. The molecule has 3 rings (SSSR count). The maximum absolute atomic E-state index is 12.3. The van der Waals surface area contributed by atoms with Gasteiger partial charge in [0.25, 0.3) is 11.8 Å². The predicted octanol–water partition coefficient (Wildman–Crippen LogP) is 3.55. The molecular formula is C19H16ClNO4. The first-order valence-electron chi connectivity index (χ1n) is 7.81. The average molecular weight is 358 g/mol. The number of benzene rings is 2. The molecule has 1 aliphatic heterocycles. The van der Waals surface area contributed by atoms with Crippen molar-refractivity contribution in [3.8, 4) is 5.75 Å². The van der Waals surface area contributed by atoms with E-state index in [-0.39, 0.29) is 24.8 Å². The third-order valence-corrected chi connectivity index (χ3v) is 4.28. The summed E-state index contributed by atoms with van der Waals surface area (Å²) in [5, 5.41) is 0.570. The summed E-state index contributed by atoms with van der Waals surface area (Å²) >= 11 is 5.96. The van der Waals surface area contributed by atoms with Crippen LogP contribution in [-0.4, -0.2) is 29.2 Å². The van der Waals surface area contributed by atoms with Gasteiger partial charge in [0.2, 0.25) is 0 Å². The Labute approximate surface area is 150 Å². The lowest BCUT2D eigenvalue weighted by Gasteiger charge is -2.14. The number of aryl methyl sites for hydroxylation is 2. The van der Waals surface area contributed by atoms with Gasteiger partial charge >= 0.3 is 5.97 Å². The maximum Gasteiger partial charge on any atom is 0.313 e. The van der Waals surface area contributed by atoms with Gasteiger partial charge in [0.05, 0.1) is 17.5 Å². The summed E-state index contributed by atoms with van der Waals surface area (Å²) in [5.41, 5.74) is 2.23. The number of carbonyl (C=O) groups excluding carboxylic acids is 3. The zero-order valence-corrected chi connectivity index (χ0v) is 14.6. The Morgan fingerprint density at radius 2 is 1.56 bits per heavy atom. The van der Waals surface area contributed by atoms with Crippen LogP contribution in [0.4, 0.5) is 0 Å². The second-order valence-electron chi connectivity index (χ2n) is 5.90. The monoisotopic (exact) mass is 357 g/mol. The second-order valence-corrected chi connectivity index (χ2v) is 6.34. The Kier molecular flexibility index (Phi) is 4.59. The van der Waals surface area contributed by atoms with Gasteiger partial charge in [-0.05, 0) is 49.2 Å². The molecule has 0 fully saturated rings. The van der Waals surface area contributed by atoms with E-state index in [9.17, 15) is 14.4 Å². The van der Waals surface area contributed by atoms with Crippen LogP contribution in [-0.2, 0) is 4.79 Å². The molecule has 6 heteroatoms. The van der Waals surface area contributed by atoms with Crippen LogP contribution in [0.2, 0.25) is 5.02 Å². The molecule has 2 amide bonds. The van der Waals surface area contributed by atoms with Crippen molar-refractivity contribution in [1.29, 1.82) is 0 Å². The van der Waals surface area contributed by atoms with Gasteiger partial charge in [-0.25, -0.2) is 0 Å². The zero-order chi connectivity index (χ0) is 18.1. The standard InChI is InChI=1S/C19H16ClNO4/c1-11-9-13(20)10-12(2)17(11)25-16(22)7-8-21-18(23)14-5-3-4-6-15(14)19(21)24/h3-6,9-10H,7-8H2,1-2H3. The lowest BCUT2D eigenvalue weighted by atomic mass is 10.1. The van der Waals surface area contributed by atoms with E-state index in [4.69, 9.17) is 16.3 Å². The number of nitrogens with zero attached hydrogens (tertiary/aromatic N) is 1. The molecule has 0 unspecified atom stereocenters. The van der Waals surface area contributed by atoms with E-state index in [1.54, 1.807) is 50.2 Å². The average Bonchev–Trinajstić information content (AvgIpc) is 2.81. The van der Waals surface area contributed by atoms with Crippen LogP contribution >= 0.6 is 11.6 Å². The fraction of sp³-hybridized carbons (Fsp3) is 0.211. The fourth-order valence-corrected chi connectivity index (χ4v) is 3.20. The van der Waals surface area contributed by atoms with Gasteiger partial charge in [-0.3, -0.25) is 19.3 Å². The summed E-state index contributed by atoms with van der Waals surface area (Å²) in [6.07, 6.45) is -0.0764. The molecule has 1 heterocycles. The van der Waals surface area contributed by atoms with E-state index in [1.807, 2.05) is 0 Å². The first-order valence-corrected chi connectivity index (χ1v) is 8.19. The number of ether oxygens (including phenoxy) is 1. The Morgan fingerprint density at radius 3 is 2.08 bits per heavy atom. The Bertz CT molecular complexity index is 833. The molecule has 2 aromatic rings. The summed E-state index contributed by atoms with van der Waals surface area (Å²) in [4.78, 5) is 37.7. The smallest absolute Gasteiger partial charge is 0.313 e. The van der Waals surface area contributed by atoms with E-state index >= 15 is 0 Å². The highest BCUT2D eigenvalue weighted by Crippen LogP contribution is 2.28. The Balaban J connectivity index is 1.66. The van der Waals surface area contributed by atoms with Crippen LogP contribution in [0.25, 0.3) is 0 Å². The Hall–Kier alpha value is -2.66. The van der Waals surface area contributed by atoms with Gasteiger partial charge in [-0.15, -0.1) is 0 Å². The van der Waals surface area contributed by atoms with Gasteiger partial charge in [-0.1, -0.05) is 23.7 Å². The van der Waals surface area contributed by atoms with Crippen LogP contribution in [0.3, 0.4) is 0 Å². The van der Waals surface area contributed by atoms with E-state index in [1.165, 1.54) is 0 Å². The highest BCUT2D eigenvalue weighted by molar-refractivity contribution is 6.30. The minimum Gasteiger partial charge on any atom is -0.426 e. The lowest BCUT2D eigenvalue weighted by Crippen LogP contribution is -2.32. The third-order valence-electron chi connectivity index (χ3n) is 4.06. The van der Waals surface area contributed by atoms with Crippen molar-refractivity contribution in [2.75, 3.05) is 6.54 Å². The maximum atomic E-state index is 12.3. The minimum absolute atomic E-state index is 0.0170. The normalized spacial score (nSPS) is 13.2. The largest absolute Gasteiger partial charge is 0.426 e. The highest BCUT2D eigenvalue weighted by Gasteiger charge is 2.35. The first-order chi connectivity index (χ1) is 11.9. The molecular weight excluding hydrogens is 342 g/mol. The topological polar surface area (TPSA) is 63.7 Å². The van der Waals surface area contributed by atoms with Gasteiger partial charge in [0.1, 0.15) is 5.75 Å². The molecule has 5 nitrogen and oxygen atoms in total. The summed E-state index contributed by atoms with van der Waals surface area (Å²) < 4.78 is 5.39. The second kappa shape index (κ2) is 6.69. The van der Waals surface area contributed by atoms with Crippen molar-refractivity contribution in [2.24, 2.45) is 0 Å². The third kappa shape index (κ3) is 3.28. The Morgan fingerprint density at radius 1 is 1.04 bits per heavy atom. The summed E-state index contributed by atoms with van der Waals surface area (Å²) in [6.45, 7) is 3.58. The van der Waals surface area contributed by atoms with Crippen molar-refractivity contribution < 1.29 is 19.1 Å². The van der Waals surface area contributed by atoms with Crippen LogP contribution in [0, 0.1) is 13.8 Å².